The molecule has 17 heavy (non-hydrogen) atoms. The van der Waals surface area contributed by atoms with Crippen LogP contribution < -0.4 is 10.6 Å². The van der Waals surface area contributed by atoms with Crippen LogP contribution in [0.5, 0.6) is 0 Å². The summed E-state index contributed by atoms with van der Waals surface area (Å²) in [6, 6.07) is 4.63. The summed E-state index contributed by atoms with van der Waals surface area (Å²) >= 11 is 0. The molecule has 1 aliphatic rings. The van der Waals surface area contributed by atoms with Crippen molar-refractivity contribution in [3.05, 3.63) is 29.6 Å². The van der Waals surface area contributed by atoms with Gasteiger partial charge in [0.15, 0.2) is 0 Å². The third-order valence-corrected chi connectivity index (χ3v) is 2.87. The number of carbonyl (C=O) groups is 1. The summed E-state index contributed by atoms with van der Waals surface area (Å²) in [5.41, 5.74) is 0.946. The van der Waals surface area contributed by atoms with E-state index >= 15 is 0 Å². The number of hydrogen-bond acceptors (Lipinski definition) is 3. The number of benzene rings is 1. The summed E-state index contributed by atoms with van der Waals surface area (Å²) < 4.78 is 13.2. The number of aryl methyl sites for hydroxylation is 1. The van der Waals surface area contributed by atoms with Gasteiger partial charge in [-0.15, -0.1) is 0 Å². The standard InChI is InChI=1S/C12H15FN2O2/c1-8-2-9(13)4-10(3-8)15-12(5-11(16)17)6-14-7-12/h2-4,14-15H,5-7H2,1H3,(H,16,17). The monoisotopic (exact) mass is 238 g/mol. The van der Waals surface area contributed by atoms with Crippen molar-refractivity contribution in [1.82, 2.24) is 5.32 Å². The Kier molecular flexibility index (Phi) is 3.02. The molecule has 1 fully saturated rings. The molecular formula is C12H15FN2O2. The molecule has 4 nitrogen and oxygen atoms in total. The second kappa shape index (κ2) is 4.33. The van der Waals surface area contributed by atoms with Crippen LogP contribution in [0, 0.1) is 12.7 Å². The van der Waals surface area contributed by atoms with Crippen molar-refractivity contribution < 1.29 is 14.3 Å². The van der Waals surface area contributed by atoms with E-state index in [2.05, 4.69) is 10.6 Å². The maximum absolute atomic E-state index is 13.2. The first-order valence-electron chi connectivity index (χ1n) is 5.47. The van der Waals surface area contributed by atoms with Gasteiger partial charge in [-0.25, -0.2) is 4.39 Å². The van der Waals surface area contributed by atoms with E-state index in [-0.39, 0.29) is 12.2 Å². The lowest BCUT2D eigenvalue weighted by atomic mass is 9.88. The molecule has 0 amide bonds. The summed E-state index contributed by atoms with van der Waals surface area (Å²) in [5.74, 6) is -1.17. The van der Waals surface area contributed by atoms with Gasteiger partial charge in [0, 0.05) is 18.8 Å². The third-order valence-electron chi connectivity index (χ3n) is 2.87. The van der Waals surface area contributed by atoms with Crippen LogP contribution in [0.2, 0.25) is 0 Å². The molecule has 92 valence electrons. The molecular weight excluding hydrogens is 223 g/mol. The van der Waals surface area contributed by atoms with E-state index in [0.29, 0.717) is 18.8 Å². The Morgan fingerprint density at radius 2 is 2.24 bits per heavy atom. The predicted molar refractivity (Wildman–Crippen MR) is 62.6 cm³/mol. The number of rotatable bonds is 4. The number of aliphatic carboxylic acids is 1. The Labute approximate surface area is 98.8 Å². The molecule has 1 saturated heterocycles. The topological polar surface area (TPSA) is 61.4 Å². The zero-order valence-corrected chi connectivity index (χ0v) is 9.59. The number of carboxylic acids is 1. The Balaban J connectivity index is 2.15. The molecule has 0 aliphatic carbocycles. The highest BCUT2D eigenvalue weighted by atomic mass is 19.1. The Morgan fingerprint density at radius 3 is 2.71 bits per heavy atom. The maximum atomic E-state index is 13.2. The predicted octanol–water partition coefficient (Wildman–Crippen LogP) is 1.36. The molecule has 0 unspecified atom stereocenters. The van der Waals surface area contributed by atoms with Gasteiger partial charge in [-0.1, -0.05) is 0 Å². The van der Waals surface area contributed by atoms with Crippen LogP contribution in [-0.2, 0) is 4.79 Å². The molecule has 0 radical (unpaired) electrons. The van der Waals surface area contributed by atoms with Crippen LogP contribution in [0.1, 0.15) is 12.0 Å². The van der Waals surface area contributed by atoms with Crippen LogP contribution in [0.15, 0.2) is 18.2 Å². The highest BCUT2D eigenvalue weighted by molar-refractivity contribution is 5.70. The molecule has 2 rings (SSSR count). The van der Waals surface area contributed by atoms with Gasteiger partial charge in [0.2, 0.25) is 0 Å². The smallest absolute Gasteiger partial charge is 0.305 e. The summed E-state index contributed by atoms with van der Waals surface area (Å²) in [5, 5.41) is 15.0. The fourth-order valence-electron chi connectivity index (χ4n) is 2.09. The lowest BCUT2D eigenvalue weighted by Gasteiger charge is -2.43. The van der Waals surface area contributed by atoms with E-state index in [9.17, 15) is 9.18 Å². The van der Waals surface area contributed by atoms with E-state index in [1.165, 1.54) is 12.1 Å². The number of halogens is 1. The van der Waals surface area contributed by atoms with E-state index in [0.717, 1.165) is 5.56 Å². The van der Waals surface area contributed by atoms with Crippen molar-refractivity contribution in [3.8, 4) is 0 Å². The molecule has 1 aromatic rings. The van der Waals surface area contributed by atoms with Crippen LogP contribution in [-0.4, -0.2) is 29.7 Å². The van der Waals surface area contributed by atoms with Crippen LogP contribution in [0.25, 0.3) is 0 Å². The normalized spacial score (nSPS) is 17.3. The Morgan fingerprint density at radius 1 is 1.53 bits per heavy atom. The van der Waals surface area contributed by atoms with Crippen molar-refractivity contribution >= 4 is 11.7 Å². The van der Waals surface area contributed by atoms with Gasteiger partial charge in [0.25, 0.3) is 0 Å². The first-order valence-corrected chi connectivity index (χ1v) is 5.47. The van der Waals surface area contributed by atoms with Gasteiger partial charge in [-0.05, 0) is 30.7 Å². The van der Waals surface area contributed by atoms with Crippen LogP contribution >= 0.6 is 0 Å². The first kappa shape index (κ1) is 11.9. The zero-order chi connectivity index (χ0) is 12.5. The summed E-state index contributed by atoms with van der Waals surface area (Å²) in [6.45, 7) is 2.96. The molecule has 3 N–H and O–H groups in total. The van der Waals surface area contributed by atoms with Crippen molar-refractivity contribution in [1.29, 1.82) is 0 Å². The fraction of sp³-hybridized carbons (Fsp3) is 0.417. The minimum atomic E-state index is -0.855. The Hall–Kier alpha value is -1.62. The number of hydrogen-bond donors (Lipinski definition) is 3. The lowest BCUT2D eigenvalue weighted by molar-refractivity contribution is -0.138. The molecule has 0 bridgehead atoms. The quantitative estimate of drug-likeness (QED) is 0.741. The minimum Gasteiger partial charge on any atom is -0.481 e. The highest BCUT2D eigenvalue weighted by Gasteiger charge is 2.39. The summed E-state index contributed by atoms with van der Waals surface area (Å²) in [6.07, 6.45) is 0.0234. The molecule has 1 heterocycles. The number of carboxylic acid groups (broad SMARTS) is 1. The largest absolute Gasteiger partial charge is 0.481 e. The van der Waals surface area contributed by atoms with Crippen LogP contribution in [0.3, 0.4) is 0 Å². The average molecular weight is 238 g/mol. The van der Waals surface area contributed by atoms with E-state index in [1.807, 2.05) is 6.07 Å². The van der Waals surface area contributed by atoms with Gasteiger partial charge in [0.05, 0.1) is 12.0 Å². The molecule has 0 saturated carbocycles. The van der Waals surface area contributed by atoms with E-state index in [4.69, 9.17) is 5.11 Å². The zero-order valence-electron chi connectivity index (χ0n) is 9.59. The van der Waals surface area contributed by atoms with Crippen molar-refractivity contribution in [3.63, 3.8) is 0 Å². The average Bonchev–Trinajstić information content (AvgIpc) is 2.11. The molecule has 1 aromatic carbocycles. The van der Waals surface area contributed by atoms with Crippen molar-refractivity contribution in [2.75, 3.05) is 18.4 Å². The Bertz CT molecular complexity index is 424. The van der Waals surface area contributed by atoms with Gasteiger partial charge in [0.1, 0.15) is 5.82 Å². The molecule has 0 aromatic heterocycles. The molecule has 0 spiro atoms. The van der Waals surface area contributed by atoms with Crippen LogP contribution in [0.4, 0.5) is 10.1 Å². The van der Waals surface area contributed by atoms with Gasteiger partial charge >= 0.3 is 5.97 Å². The first-order chi connectivity index (χ1) is 7.99. The third kappa shape index (κ3) is 2.74. The maximum Gasteiger partial charge on any atom is 0.305 e. The molecule has 1 aliphatic heterocycles. The highest BCUT2D eigenvalue weighted by Crippen LogP contribution is 2.24. The number of anilines is 1. The van der Waals surface area contributed by atoms with Crippen molar-refractivity contribution in [2.24, 2.45) is 0 Å². The molecule has 0 atom stereocenters. The second-order valence-electron chi connectivity index (χ2n) is 4.60. The van der Waals surface area contributed by atoms with Crippen molar-refractivity contribution in [2.45, 2.75) is 18.9 Å². The summed E-state index contributed by atoms with van der Waals surface area (Å²) in [7, 11) is 0. The SMILES string of the molecule is Cc1cc(F)cc(NC2(CC(=O)O)CNC2)c1. The summed E-state index contributed by atoms with van der Waals surface area (Å²) in [4.78, 5) is 10.8. The van der Waals surface area contributed by atoms with Gasteiger partial charge in [-0.2, -0.15) is 0 Å². The lowest BCUT2D eigenvalue weighted by Crippen LogP contribution is -2.65. The van der Waals surface area contributed by atoms with E-state index < -0.39 is 11.5 Å². The molecule has 5 heteroatoms. The van der Waals surface area contributed by atoms with Gasteiger partial charge in [-0.3, -0.25) is 4.79 Å². The van der Waals surface area contributed by atoms with E-state index in [1.54, 1.807) is 6.92 Å². The second-order valence-corrected chi connectivity index (χ2v) is 4.60. The number of nitrogens with one attached hydrogen (secondary N) is 2. The fourth-order valence-corrected chi connectivity index (χ4v) is 2.09. The van der Waals surface area contributed by atoms with Gasteiger partial charge < -0.3 is 15.7 Å². The minimum absolute atomic E-state index is 0.0234.